The Bertz CT molecular complexity index is 187. The lowest BCUT2D eigenvalue weighted by molar-refractivity contribution is 0.181. The first-order chi connectivity index (χ1) is 4.34. The minimum Gasteiger partial charge on any atom is -0.378 e. The number of hydrogen-bond acceptors (Lipinski definition) is 2. The van der Waals surface area contributed by atoms with E-state index in [1.807, 2.05) is 0 Å². The number of hydrogen-bond donors (Lipinski definition) is 1. The Kier molecular flexibility index (Phi) is 2.47. The molecule has 0 amide bonds. The van der Waals surface area contributed by atoms with Crippen LogP contribution in [0, 0.1) is 3.70 Å². The molecule has 1 N–H and O–H groups in total. The van der Waals surface area contributed by atoms with Crippen LogP contribution in [0.25, 0.3) is 0 Å². The number of aromatic amines is 1. The molecule has 0 saturated carbocycles. The van der Waals surface area contributed by atoms with Crippen LogP contribution < -0.4 is 0 Å². The van der Waals surface area contributed by atoms with Crippen molar-refractivity contribution in [3.8, 4) is 0 Å². The summed E-state index contributed by atoms with van der Waals surface area (Å²) in [6, 6.07) is 0. The first kappa shape index (κ1) is 7.01. The third-order valence-electron chi connectivity index (χ3n) is 0.954. The smallest absolute Gasteiger partial charge is 0.124 e. The lowest BCUT2D eigenvalue weighted by Crippen LogP contribution is -1.89. The first-order valence-electron chi connectivity index (χ1n) is 2.51. The fourth-order valence-corrected chi connectivity index (χ4v) is 1.00. The molecule has 0 unspecified atom stereocenters. The molecule has 1 aromatic heterocycles. The van der Waals surface area contributed by atoms with Gasteiger partial charge in [-0.2, -0.15) is 0 Å². The Morgan fingerprint density at radius 2 is 2.67 bits per heavy atom. The predicted molar refractivity (Wildman–Crippen MR) is 42.0 cm³/mol. The minimum absolute atomic E-state index is 0.609. The molecule has 0 aliphatic rings. The number of nitrogens with one attached hydrogen (secondary N) is 1. The van der Waals surface area contributed by atoms with Crippen LogP contribution >= 0.6 is 22.6 Å². The average Bonchev–Trinajstić information content (AvgIpc) is 2.18. The highest BCUT2D eigenvalue weighted by molar-refractivity contribution is 14.1. The van der Waals surface area contributed by atoms with Gasteiger partial charge in [0.15, 0.2) is 0 Å². The Morgan fingerprint density at radius 1 is 1.89 bits per heavy atom. The topological polar surface area (TPSA) is 37.9 Å². The quantitative estimate of drug-likeness (QED) is 0.785. The van der Waals surface area contributed by atoms with Crippen molar-refractivity contribution >= 4 is 22.6 Å². The second-order valence-corrected chi connectivity index (χ2v) is 2.63. The van der Waals surface area contributed by atoms with Crippen LogP contribution in [0.4, 0.5) is 0 Å². The zero-order chi connectivity index (χ0) is 6.69. The molecule has 1 heterocycles. The predicted octanol–water partition coefficient (Wildman–Crippen LogP) is 1.16. The number of halogens is 1. The van der Waals surface area contributed by atoms with E-state index in [0.717, 1.165) is 9.39 Å². The second-order valence-electron chi connectivity index (χ2n) is 1.60. The third kappa shape index (κ3) is 1.65. The second kappa shape index (κ2) is 3.17. The van der Waals surface area contributed by atoms with Gasteiger partial charge in [-0.1, -0.05) is 0 Å². The summed E-state index contributed by atoms with van der Waals surface area (Å²) in [7, 11) is 1.66. The van der Waals surface area contributed by atoms with Crippen molar-refractivity contribution in [3.05, 3.63) is 15.7 Å². The van der Waals surface area contributed by atoms with Gasteiger partial charge in [0.05, 0.1) is 18.6 Å². The van der Waals surface area contributed by atoms with E-state index < -0.39 is 0 Å². The Balaban J connectivity index is 2.69. The number of rotatable bonds is 2. The standard InChI is InChI=1S/C5H7IN2O/c1-9-2-4-5(6)8-3-7-4/h3H,2H2,1H3,(H,7,8). The Labute approximate surface area is 67.0 Å². The summed E-state index contributed by atoms with van der Waals surface area (Å²) in [5, 5.41) is 0. The summed E-state index contributed by atoms with van der Waals surface area (Å²) in [6.07, 6.45) is 1.66. The molecule has 1 rings (SSSR count). The van der Waals surface area contributed by atoms with Crippen molar-refractivity contribution < 1.29 is 4.74 Å². The molecule has 0 bridgehead atoms. The number of imidazole rings is 1. The van der Waals surface area contributed by atoms with Crippen LogP contribution in [0.5, 0.6) is 0 Å². The van der Waals surface area contributed by atoms with E-state index in [2.05, 4.69) is 32.6 Å². The summed E-state index contributed by atoms with van der Waals surface area (Å²) < 4.78 is 5.87. The number of aromatic nitrogens is 2. The maximum Gasteiger partial charge on any atom is 0.124 e. The van der Waals surface area contributed by atoms with Crippen LogP contribution in [0.1, 0.15) is 5.69 Å². The largest absolute Gasteiger partial charge is 0.378 e. The van der Waals surface area contributed by atoms with Gasteiger partial charge in [-0.05, 0) is 22.6 Å². The van der Waals surface area contributed by atoms with E-state index in [9.17, 15) is 0 Å². The molecule has 50 valence electrons. The maximum atomic E-state index is 4.89. The van der Waals surface area contributed by atoms with Crippen molar-refractivity contribution in [1.29, 1.82) is 0 Å². The van der Waals surface area contributed by atoms with Crippen LogP contribution in [-0.2, 0) is 11.3 Å². The molecule has 0 aromatic carbocycles. The summed E-state index contributed by atoms with van der Waals surface area (Å²) >= 11 is 2.16. The molecule has 0 atom stereocenters. The van der Waals surface area contributed by atoms with Gasteiger partial charge in [0.1, 0.15) is 3.70 Å². The fraction of sp³-hybridized carbons (Fsp3) is 0.400. The molecule has 0 saturated heterocycles. The normalized spacial score (nSPS) is 10.0. The van der Waals surface area contributed by atoms with Crippen LogP contribution in [0.15, 0.2) is 6.33 Å². The monoisotopic (exact) mass is 238 g/mol. The molecule has 0 aliphatic heterocycles. The molecular formula is C5H7IN2O. The third-order valence-corrected chi connectivity index (χ3v) is 1.88. The lowest BCUT2D eigenvalue weighted by Gasteiger charge is -1.92. The minimum atomic E-state index is 0.609. The molecular weight excluding hydrogens is 231 g/mol. The fourth-order valence-electron chi connectivity index (χ4n) is 0.550. The van der Waals surface area contributed by atoms with Crippen LogP contribution in [-0.4, -0.2) is 17.1 Å². The van der Waals surface area contributed by atoms with E-state index in [0.29, 0.717) is 6.61 Å². The summed E-state index contributed by atoms with van der Waals surface area (Å²) in [5.74, 6) is 0. The van der Waals surface area contributed by atoms with E-state index in [1.165, 1.54) is 0 Å². The van der Waals surface area contributed by atoms with E-state index >= 15 is 0 Å². The molecule has 3 nitrogen and oxygen atoms in total. The van der Waals surface area contributed by atoms with Crippen molar-refractivity contribution in [3.63, 3.8) is 0 Å². The van der Waals surface area contributed by atoms with Gasteiger partial charge in [0.25, 0.3) is 0 Å². The molecule has 1 aromatic rings. The van der Waals surface area contributed by atoms with Crippen molar-refractivity contribution in [2.24, 2.45) is 0 Å². The highest BCUT2D eigenvalue weighted by Gasteiger charge is 1.98. The zero-order valence-electron chi connectivity index (χ0n) is 5.02. The number of nitrogens with zero attached hydrogens (tertiary/aromatic N) is 1. The molecule has 0 radical (unpaired) electrons. The SMILES string of the molecule is COCc1[nH]cnc1I. The maximum absolute atomic E-state index is 4.89. The number of ether oxygens (including phenoxy) is 1. The lowest BCUT2D eigenvalue weighted by atomic mass is 10.5. The molecule has 4 heteroatoms. The Morgan fingerprint density at radius 3 is 3.11 bits per heavy atom. The van der Waals surface area contributed by atoms with Gasteiger partial charge in [-0.15, -0.1) is 0 Å². The van der Waals surface area contributed by atoms with Gasteiger partial charge in [0.2, 0.25) is 0 Å². The van der Waals surface area contributed by atoms with Crippen LogP contribution in [0.2, 0.25) is 0 Å². The van der Waals surface area contributed by atoms with Gasteiger partial charge in [0, 0.05) is 7.11 Å². The first-order valence-corrected chi connectivity index (χ1v) is 3.59. The zero-order valence-corrected chi connectivity index (χ0v) is 7.18. The molecule has 0 aliphatic carbocycles. The van der Waals surface area contributed by atoms with Gasteiger partial charge in [-0.25, -0.2) is 4.98 Å². The summed E-state index contributed by atoms with van der Waals surface area (Å²) in [5.41, 5.74) is 1.04. The van der Waals surface area contributed by atoms with E-state index in [-0.39, 0.29) is 0 Å². The highest BCUT2D eigenvalue weighted by Crippen LogP contribution is 2.05. The molecule has 0 spiro atoms. The van der Waals surface area contributed by atoms with Crippen molar-refractivity contribution in [2.75, 3.05) is 7.11 Å². The summed E-state index contributed by atoms with van der Waals surface area (Å²) in [4.78, 5) is 6.95. The molecule has 0 fully saturated rings. The summed E-state index contributed by atoms with van der Waals surface area (Å²) in [6.45, 7) is 0.609. The van der Waals surface area contributed by atoms with Gasteiger partial charge < -0.3 is 9.72 Å². The highest BCUT2D eigenvalue weighted by atomic mass is 127. The number of methoxy groups -OCH3 is 1. The van der Waals surface area contributed by atoms with Crippen molar-refractivity contribution in [1.82, 2.24) is 9.97 Å². The van der Waals surface area contributed by atoms with E-state index in [4.69, 9.17) is 4.74 Å². The molecule has 9 heavy (non-hydrogen) atoms. The average molecular weight is 238 g/mol. The Hall–Kier alpha value is -0.100. The van der Waals surface area contributed by atoms with Crippen LogP contribution in [0.3, 0.4) is 0 Å². The van der Waals surface area contributed by atoms with E-state index in [1.54, 1.807) is 13.4 Å². The van der Waals surface area contributed by atoms with Gasteiger partial charge >= 0.3 is 0 Å². The number of H-pyrrole nitrogens is 1. The van der Waals surface area contributed by atoms with Crippen molar-refractivity contribution in [2.45, 2.75) is 6.61 Å². The van der Waals surface area contributed by atoms with Gasteiger partial charge in [-0.3, -0.25) is 0 Å².